The minimum atomic E-state index is -0.398. The molecule has 0 aliphatic rings. The van der Waals surface area contributed by atoms with Gasteiger partial charge in [-0.2, -0.15) is 4.98 Å². The Morgan fingerprint density at radius 2 is 1.78 bits per heavy atom. The van der Waals surface area contributed by atoms with E-state index in [9.17, 15) is 9.18 Å². The average Bonchev–Trinajstić information content (AvgIpc) is 3.12. The highest BCUT2D eigenvalue weighted by Gasteiger charge is 2.25. The molecule has 27 heavy (non-hydrogen) atoms. The molecule has 0 bridgehead atoms. The molecule has 0 radical (unpaired) electrons. The minimum Gasteiger partial charge on any atom is -0.344 e. The molecule has 0 spiro atoms. The molecule has 3 rings (SSSR count). The van der Waals surface area contributed by atoms with Crippen LogP contribution >= 0.6 is 0 Å². The Bertz CT molecular complexity index is 902. The van der Waals surface area contributed by atoms with Gasteiger partial charge in [-0.15, -0.1) is 0 Å². The Kier molecular flexibility index (Phi) is 5.64. The van der Waals surface area contributed by atoms with Crippen molar-refractivity contribution in [3.63, 3.8) is 0 Å². The molecular formula is C21H22FN3O2. The van der Waals surface area contributed by atoms with Gasteiger partial charge in [-0.1, -0.05) is 61.0 Å². The van der Waals surface area contributed by atoms with Gasteiger partial charge in [0.2, 0.25) is 17.6 Å². The smallest absolute Gasteiger partial charge is 0.249 e. The number of nitrogens with one attached hydrogen (secondary N) is 1. The lowest BCUT2D eigenvalue weighted by Crippen LogP contribution is -2.33. The van der Waals surface area contributed by atoms with E-state index in [0.717, 1.165) is 16.7 Å². The van der Waals surface area contributed by atoms with Gasteiger partial charge in [0.05, 0.1) is 6.42 Å². The van der Waals surface area contributed by atoms with E-state index in [1.807, 2.05) is 45.0 Å². The zero-order chi connectivity index (χ0) is 19.4. The summed E-state index contributed by atoms with van der Waals surface area (Å²) in [5.41, 5.74) is 2.74. The molecule has 1 aromatic heterocycles. The summed E-state index contributed by atoms with van der Waals surface area (Å²) in [5.74, 6) is 0.411. The van der Waals surface area contributed by atoms with Gasteiger partial charge >= 0.3 is 0 Å². The third-order valence-electron chi connectivity index (χ3n) is 4.28. The molecule has 0 saturated heterocycles. The molecule has 0 aliphatic carbocycles. The van der Waals surface area contributed by atoms with Crippen LogP contribution in [0.3, 0.4) is 0 Å². The standard InChI is InChI=1S/C21H22FN3O2/c1-13(2)19(23-18(26)12-15-6-10-17(22)11-7-15)21-24-20(25-27-21)16-8-4-14(3)5-9-16/h4-11,13,19H,12H2,1-3H3,(H,23,26)/t19-/m1/s1. The molecule has 0 saturated carbocycles. The van der Waals surface area contributed by atoms with Crippen LogP contribution in [0.15, 0.2) is 53.1 Å². The third kappa shape index (κ3) is 4.78. The second-order valence-corrected chi connectivity index (χ2v) is 6.91. The van der Waals surface area contributed by atoms with Crippen molar-refractivity contribution in [2.75, 3.05) is 0 Å². The van der Waals surface area contributed by atoms with Crippen molar-refractivity contribution in [1.82, 2.24) is 15.5 Å². The molecule has 140 valence electrons. The van der Waals surface area contributed by atoms with Gasteiger partial charge in [0.25, 0.3) is 0 Å². The van der Waals surface area contributed by atoms with Crippen LogP contribution in [0.1, 0.15) is 36.9 Å². The number of aryl methyl sites for hydroxylation is 1. The Morgan fingerprint density at radius 3 is 2.41 bits per heavy atom. The molecule has 1 amide bonds. The molecule has 0 unspecified atom stereocenters. The summed E-state index contributed by atoms with van der Waals surface area (Å²) < 4.78 is 18.4. The van der Waals surface area contributed by atoms with Gasteiger partial charge in [0.15, 0.2) is 0 Å². The van der Waals surface area contributed by atoms with Crippen molar-refractivity contribution in [3.05, 3.63) is 71.4 Å². The predicted octanol–water partition coefficient (Wildman–Crippen LogP) is 4.24. The van der Waals surface area contributed by atoms with Crippen molar-refractivity contribution in [2.45, 2.75) is 33.2 Å². The Morgan fingerprint density at radius 1 is 1.11 bits per heavy atom. The lowest BCUT2D eigenvalue weighted by atomic mass is 10.0. The van der Waals surface area contributed by atoms with E-state index >= 15 is 0 Å². The first-order valence-corrected chi connectivity index (χ1v) is 8.87. The molecule has 3 aromatic rings. The fourth-order valence-electron chi connectivity index (χ4n) is 2.71. The van der Waals surface area contributed by atoms with Crippen molar-refractivity contribution in [1.29, 1.82) is 0 Å². The molecule has 1 N–H and O–H groups in total. The highest BCUT2D eigenvalue weighted by Crippen LogP contribution is 2.24. The van der Waals surface area contributed by atoms with Crippen molar-refractivity contribution >= 4 is 5.91 Å². The summed E-state index contributed by atoms with van der Waals surface area (Å²) >= 11 is 0. The van der Waals surface area contributed by atoms with E-state index in [-0.39, 0.29) is 24.1 Å². The molecule has 0 aliphatic heterocycles. The van der Waals surface area contributed by atoms with Crippen LogP contribution < -0.4 is 5.32 Å². The van der Waals surface area contributed by atoms with Crippen LogP contribution in [-0.4, -0.2) is 16.0 Å². The lowest BCUT2D eigenvalue weighted by molar-refractivity contribution is -0.121. The van der Waals surface area contributed by atoms with E-state index in [1.54, 1.807) is 12.1 Å². The summed E-state index contributed by atoms with van der Waals surface area (Å²) in [6.45, 7) is 5.95. The largest absolute Gasteiger partial charge is 0.344 e. The van der Waals surface area contributed by atoms with Crippen LogP contribution in [0.25, 0.3) is 11.4 Å². The molecule has 0 fully saturated rings. The van der Waals surface area contributed by atoms with Crippen LogP contribution in [0, 0.1) is 18.7 Å². The summed E-state index contributed by atoms with van der Waals surface area (Å²) in [7, 11) is 0. The molecule has 2 aromatic carbocycles. The normalized spacial score (nSPS) is 12.2. The van der Waals surface area contributed by atoms with Gasteiger partial charge in [-0.05, 0) is 30.5 Å². The van der Waals surface area contributed by atoms with Gasteiger partial charge in [-0.3, -0.25) is 4.79 Å². The minimum absolute atomic E-state index is 0.0634. The monoisotopic (exact) mass is 367 g/mol. The van der Waals surface area contributed by atoms with Crippen molar-refractivity contribution in [2.24, 2.45) is 5.92 Å². The Hall–Kier alpha value is -3.02. The van der Waals surface area contributed by atoms with Gasteiger partial charge in [0, 0.05) is 5.56 Å². The van der Waals surface area contributed by atoms with Gasteiger partial charge in [-0.25, -0.2) is 4.39 Å². The van der Waals surface area contributed by atoms with Gasteiger partial charge in [0.1, 0.15) is 11.9 Å². The van der Waals surface area contributed by atoms with Crippen LogP contribution in [0.2, 0.25) is 0 Å². The third-order valence-corrected chi connectivity index (χ3v) is 4.28. The second kappa shape index (κ2) is 8.12. The Balaban J connectivity index is 1.72. The molecule has 1 heterocycles. The number of nitrogens with zero attached hydrogens (tertiary/aromatic N) is 2. The summed E-state index contributed by atoms with van der Waals surface area (Å²) in [4.78, 5) is 16.9. The lowest BCUT2D eigenvalue weighted by Gasteiger charge is -2.18. The first-order valence-electron chi connectivity index (χ1n) is 8.87. The average molecular weight is 367 g/mol. The van der Waals surface area contributed by atoms with E-state index in [0.29, 0.717) is 11.7 Å². The van der Waals surface area contributed by atoms with Crippen LogP contribution in [0.4, 0.5) is 4.39 Å². The maximum absolute atomic E-state index is 13.0. The maximum Gasteiger partial charge on any atom is 0.249 e. The van der Waals surface area contributed by atoms with E-state index in [2.05, 4.69) is 15.5 Å². The van der Waals surface area contributed by atoms with E-state index in [1.165, 1.54) is 12.1 Å². The van der Waals surface area contributed by atoms with E-state index < -0.39 is 6.04 Å². The second-order valence-electron chi connectivity index (χ2n) is 6.91. The molecule has 1 atom stereocenters. The molecular weight excluding hydrogens is 345 g/mol. The number of carbonyl (C=O) groups is 1. The molecule has 5 nitrogen and oxygen atoms in total. The predicted molar refractivity (Wildman–Crippen MR) is 100 cm³/mol. The summed E-state index contributed by atoms with van der Waals surface area (Å²) in [5, 5.41) is 6.98. The SMILES string of the molecule is Cc1ccc(-c2noc([C@H](NC(=O)Cc3ccc(F)cc3)C(C)C)n2)cc1. The van der Waals surface area contributed by atoms with Gasteiger partial charge < -0.3 is 9.84 Å². The molecule has 6 heteroatoms. The van der Waals surface area contributed by atoms with Crippen molar-refractivity contribution < 1.29 is 13.7 Å². The topological polar surface area (TPSA) is 68.0 Å². The number of amides is 1. The Labute approximate surface area is 157 Å². The number of carbonyl (C=O) groups excluding carboxylic acids is 1. The first-order chi connectivity index (χ1) is 12.9. The van der Waals surface area contributed by atoms with E-state index in [4.69, 9.17) is 4.52 Å². The zero-order valence-corrected chi connectivity index (χ0v) is 15.6. The van der Waals surface area contributed by atoms with Crippen LogP contribution in [0.5, 0.6) is 0 Å². The quantitative estimate of drug-likeness (QED) is 0.708. The summed E-state index contributed by atoms with van der Waals surface area (Å²) in [6.07, 6.45) is 0.155. The number of halogens is 1. The fraction of sp³-hybridized carbons (Fsp3) is 0.286. The number of benzene rings is 2. The number of rotatable bonds is 6. The fourth-order valence-corrected chi connectivity index (χ4v) is 2.71. The van der Waals surface area contributed by atoms with Crippen molar-refractivity contribution in [3.8, 4) is 11.4 Å². The first kappa shape index (κ1) is 18.8. The maximum atomic E-state index is 13.0. The number of hydrogen-bond donors (Lipinski definition) is 1. The number of aromatic nitrogens is 2. The highest BCUT2D eigenvalue weighted by atomic mass is 19.1. The number of hydrogen-bond acceptors (Lipinski definition) is 4. The highest BCUT2D eigenvalue weighted by molar-refractivity contribution is 5.78. The zero-order valence-electron chi connectivity index (χ0n) is 15.6. The summed E-state index contributed by atoms with van der Waals surface area (Å²) in [6, 6.07) is 13.3. The van der Waals surface area contributed by atoms with Crippen LogP contribution in [-0.2, 0) is 11.2 Å².